The van der Waals surface area contributed by atoms with Gasteiger partial charge in [0, 0.05) is 0 Å². The van der Waals surface area contributed by atoms with E-state index in [4.69, 9.17) is 0 Å². The Balaban J connectivity index is 3.15. The van der Waals surface area contributed by atoms with Gasteiger partial charge >= 0.3 is 0 Å². The smallest absolute Gasteiger partial charge is 0.147 e. The Morgan fingerprint density at radius 2 is 1.85 bits per heavy atom. The maximum Gasteiger partial charge on any atom is 0.147 e. The molecule has 0 aromatic rings. The van der Waals surface area contributed by atoms with Gasteiger partial charge in [0.15, 0.2) is 0 Å². The molecule has 1 aliphatic carbocycles. The lowest BCUT2D eigenvalue weighted by Crippen LogP contribution is -2.35. The molecule has 0 heterocycles. The first-order valence-corrected chi connectivity index (χ1v) is 4.37. The van der Waals surface area contributed by atoms with E-state index >= 15 is 0 Å². The SMILES string of the molecule is CC(=O)C1(C(C)=O)C=C(C)C=CC1. The van der Waals surface area contributed by atoms with Crippen LogP contribution in [0.15, 0.2) is 23.8 Å². The Morgan fingerprint density at radius 1 is 1.31 bits per heavy atom. The second-order valence-electron chi connectivity index (χ2n) is 3.58. The van der Waals surface area contributed by atoms with E-state index < -0.39 is 5.41 Å². The summed E-state index contributed by atoms with van der Waals surface area (Å²) in [4.78, 5) is 22.8. The zero-order valence-electron chi connectivity index (χ0n) is 8.26. The van der Waals surface area contributed by atoms with E-state index in [2.05, 4.69) is 0 Å². The summed E-state index contributed by atoms with van der Waals surface area (Å²) in [7, 11) is 0. The fourth-order valence-electron chi connectivity index (χ4n) is 1.67. The van der Waals surface area contributed by atoms with Gasteiger partial charge in [-0.25, -0.2) is 0 Å². The van der Waals surface area contributed by atoms with Crippen molar-refractivity contribution in [3.63, 3.8) is 0 Å². The quantitative estimate of drug-likeness (QED) is 0.606. The van der Waals surface area contributed by atoms with E-state index in [1.165, 1.54) is 13.8 Å². The van der Waals surface area contributed by atoms with Gasteiger partial charge in [-0.15, -0.1) is 0 Å². The summed E-state index contributed by atoms with van der Waals surface area (Å²) in [5.41, 5.74) is 0.107. The minimum Gasteiger partial charge on any atom is -0.299 e. The molecule has 0 saturated heterocycles. The molecule has 0 atom stereocenters. The zero-order valence-corrected chi connectivity index (χ0v) is 8.26. The van der Waals surface area contributed by atoms with Crippen molar-refractivity contribution in [3.8, 4) is 0 Å². The van der Waals surface area contributed by atoms with Gasteiger partial charge < -0.3 is 0 Å². The fraction of sp³-hybridized carbons (Fsp3) is 0.455. The molecule has 0 amide bonds. The molecular formula is C11H14O2. The van der Waals surface area contributed by atoms with Crippen LogP contribution in [0.1, 0.15) is 27.2 Å². The summed E-state index contributed by atoms with van der Waals surface area (Å²) in [6.07, 6.45) is 6.11. The van der Waals surface area contributed by atoms with Crippen molar-refractivity contribution in [2.45, 2.75) is 27.2 Å². The van der Waals surface area contributed by atoms with Gasteiger partial charge in [0.1, 0.15) is 17.0 Å². The Kier molecular flexibility index (Phi) is 2.50. The minimum atomic E-state index is -0.876. The van der Waals surface area contributed by atoms with Crippen LogP contribution in [-0.4, -0.2) is 11.6 Å². The van der Waals surface area contributed by atoms with Crippen molar-refractivity contribution in [1.29, 1.82) is 0 Å². The zero-order chi connectivity index (χ0) is 10.1. The van der Waals surface area contributed by atoms with Gasteiger partial charge in [-0.1, -0.05) is 23.8 Å². The summed E-state index contributed by atoms with van der Waals surface area (Å²) in [5.74, 6) is -0.132. The van der Waals surface area contributed by atoms with Crippen LogP contribution in [0.25, 0.3) is 0 Å². The standard InChI is InChI=1S/C11H14O2/c1-8-5-4-6-11(7-8,9(2)12)10(3)13/h4-5,7H,6H2,1-3H3. The molecular weight excluding hydrogens is 164 g/mol. The Bertz CT molecular complexity index is 294. The molecule has 2 heteroatoms. The largest absolute Gasteiger partial charge is 0.299 e. The predicted molar refractivity (Wildman–Crippen MR) is 51.3 cm³/mol. The Morgan fingerprint density at radius 3 is 2.15 bits per heavy atom. The predicted octanol–water partition coefficient (Wildman–Crippen LogP) is 2.06. The Labute approximate surface area is 78.3 Å². The second-order valence-corrected chi connectivity index (χ2v) is 3.58. The van der Waals surface area contributed by atoms with Gasteiger partial charge in [-0.05, 0) is 27.2 Å². The van der Waals surface area contributed by atoms with Crippen LogP contribution in [-0.2, 0) is 9.59 Å². The molecule has 0 unspecified atom stereocenters. The molecule has 1 rings (SSSR count). The lowest BCUT2D eigenvalue weighted by atomic mass is 9.74. The highest BCUT2D eigenvalue weighted by Gasteiger charge is 2.38. The number of ketones is 2. The van der Waals surface area contributed by atoms with E-state index in [9.17, 15) is 9.59 Å². The average molecular weight is 178 g/mol. The molecule has 0 aromatic carbocycles. The highest BCUT2D eigenvalue weighted by molar-refractivity contribution is 6.07. The van der Waals surface area contributed by atoms with Crippen LogP contribution in [0.2, 0.25) is 0 Å². The number of carbonyl (C=O) groups is 2. The van der Waals surface area contributed by atoms with E-state index in [-0.39, 0.29) is 11.6 Å². The topological polar surface area (TPSA) is 34.1 Å². The number of allylic oxidation sites excluding steroid dienone is 4. The number of hydrogen-bond acceptors (Lipinski definition) is 2. The lowest BCUT2D eigenvalue weighted by Gasteiger charge is -2.26. The number of rotatable bonds is 2. The van der Waals surface area contributed by atoms with E-state index in [1.807, 2.05) is 19.1 Å². The normalized spacial score (nSPS) is 19.5. The third kappa shape index (κ3) is 1.62. The van der Waals surface area contributed by atoms with Crippen molar-refractivity contribution in [3.05, 3.63) is 23.8 Å². The van der Waals surface area contributed by atoms with Crippen LogP contribution in [0.4, 0.5) is 0 Å². The highest BCUT2D eigenvalue weighted by atomic mass is 16.2. The number of carbonyl (C=O) groups excluding carboxylic acids is 2. The molecule has 0 bridgehead atoms. The van der Waals surface area contributed by atoms with Gasteiger partial charge in [0.2, 0.25) is 0 Å². The van der Waals surface area contributed by atoms with Gasteiger partial charge in [0.05, 0.1) is 0 Å². The van der Waals surface area contributed by atoms with Gasteiger partial charge in [-0.2, -0.15) is 0 Å². The second kappa shape index (κ2) is 3.29. The highest BCUT2D eigenvalue weighted by Crippen LogP contribution is 2.32. The molecule has 0 fully saturated rings. The van der Waals surface area contributed by atoms with E-state index in [1.54, 1.807) is 6.08 Å². The van der Waals surface area contributed by atoms with Crippen molar-refractivity contribution in [1.82, 2.24) is 0 Å². The van der Waals surface area contributed by atoms with E-state index in [0.29, 0.717) is 6.42 Å². The van der Waals surface area contributed by atoms with Crippen molar-refractivity contribution in [2.75, 3.05) is 0 Å². The fourth-order valence-corrected chi connectivity index (χ4v) is 1.67. The van der Waals surface area contributed by atoms with Crippen LogP contribution < -0.4 is 0 Å². The molecule has 0 spiro atoms. The monoisotopic (exact) mass is 178 g/mol. The summed E-state index contributed by atoms with van der Waals surface area (Å²) in [5, 5.41) is 0. The van der Waals surface area contributed by atoms with Gasteiger partial charge in [0.25, 0.3) is 0 Å². The molecule has 1 aliphatic rings. The third-order valence-electron chi connectivity index (χ3n) is 2.55. The van der Waals surface area contributed by atoms with Crippen LogP contribution >= 0.6 is 0 Å². The average Bonchev–Trinajstić information content (AvgIpc) is 2.03. The maximum atomic E-state index is 11.4. The molecule has 0 saturated carbocycles. The first-order valence-electron chi connectivity index (χ1n) is 4.37. The molecule has 13 heavy (non-hydrogen) atoms. The molecule has 0 aliphatic heterocycles. The summed E-state index contributed by atoms with van der Waals surface area (Å²) in [6.45, 7) is 4.85. The van der Waals surface area contributed by atoms with Crippen LogP contribution in [0, 0.1) is 5.41 Å². The van der Waals surface area contributed by atoms with Crippen molar-refractivity contribution >= 4 is 11.6 Å². The number of Topliss-reactive ketones (excluding diaryl/α,β-unsaturated/α-hetero) is 2. The Hall–Kier alpha value is -1.18. The first kappa shape index (κ1) is 9.90. The molecule has 2 nitrogen and oxygen atoms in total. The molecule has 0 aromatic heterocycles. The third-order valence-corrected chi connectivity index (χ3v) is 2.55. The lowest BCUT2D eigenvalue weighted by molar-refractivity contribution is -0.135. The summed E-state index contributed by atoms with van der Waals surface area (Å²) < 4.78 is 0. The summed E-state index contributed by atoms with van der Waals surface area (Å²) >= 11 is 0. The number of hydrogen-bond donors (Lipinski definition) is 0. The van der Waals surface area contributed by atoms with Gasteiger partial charge in [-0.3, -0.25) is 9.59 Å². The van der Waals surface area contributed by atoms with Crippen molar-refractivity contribution in [2.24, 2.45) is 5.41 Å². The van der Waals surface area contributed by atoms with Crippen LogP contribution in [0.3, 0.4) is 0 Å². The molecule has 0 N–H and O–H groups in total. The van der Waals surface area contributed by atoms with E-state index in [0.717, 1.165) is 5.57 Å². The molecule has 70 valence electrons. The summed E-state index contributed by atoms with van der Waals surface area (Å²) in [6, 6.07) is 0. The molecule has 0 radical (unpaired) electrons. The maximum absolute atomic E-state index is 11.4. The first-order chi connectivity index (χ1) is 5.99. The minimum absolute atomic E-state index is 0.0660. The van der Waals surface area contributed by atoms with Crippen LogP contribution in [0.5, 0.6) is 0 Å². The van der Waals surface area contributed by atoms with Crippen molar-refractivity contribution < 1.29 is 9.59 Å².